The van der Waals surface area contributed by atoms with Crippen LogP contribution >= 0.6 is 11.6 Å². The van der Waals surface area contributed by atoms with Gasteiger partial charge in [-0.15, -0.1) is 0 Å². The highest BCUT2D eigenvalue weighted by Crippen LogP contribution is 2.17. The third kappa shape index (κ3) is 2.65. The number of fused-ring (bicyclic) bond motifs is 1. The quantitative estimate of drug-likeness (QED) is 0.540. The normalized spacial score (nSPS) is 10.8. The third-order valence-electron chi connectivity index (χ3n) is 2.87. The van der Waals surface area contributed by atoms with Crippen molar-refractivity contribution in [1.82, 2.24) is 15.3 Å². The van der Waals surface area contributed by atoms with Crippen LogP contribution in [0, 0.1) is 0 Å². The van der Waals surface area contributed by atoms with Crippen molar-refractivity contribution in [2.75, 3.05) is 0 Å². The van der Waals surface area contributed by atoms with E-state index in [9.17, 15) is 4.79 Å². The number of pyridine rings is 2. The van der Waals surface area contributed by atoms with Crippen molar-refractivity contribution in [3.63, 3.8) is 0 Å². The van der Waals surface area contributed by atoms with Gasteiger partial charge < -0.3 is 0 Å². The van der Waals surface area contributed by atoms with Crippen molar-refractivity contribution in [2.24, 2.45) is 0 Å². The summed E-state index contributed by atoms with van der Waals surface area (Å²) in [4.78, 5) is 15.1. The van der Waals surface area contributed by atoms with E-state index in [0.29, 0.717) is 24.1 Å². The van der Waals surface area contributed by atoms with Crippen molar-refractivity contribution >= 4 is 28.0 Å². The monoisotopic (exact) mass is 289 g/mol. The van der Waals surface area contributed by atoms with Crippen LogP contribution in [0.3, 0.4) is 0 Å². The SMILES string of the molecule is O=C(Cl)CC[n+]1ccc(-c2ccc3nonc3n2)cc1. The van der Waals surface area contributed by atoms with Crippen LogP contribution in [0.25, 0.3) is 22.4 Å². The second-order valence-electron chi connectivity index (χ2n) is 4.23. The number of halogens is 1. The Hall–Kier alpha value is -2.34. The molecule has 0 atom stereocenters. The maximum absolute atomic E-state index is 10.7. The average molecular weight is 290 g/mol. The van der Waals surface area contributed by atoms with Crippen molar-refractivity contribution in [1.29, 1.82) is 0 Å². The van der Waals surface area contributed by atoms with Crippen molar-refractivity contribution < 1.29 is 14.0 Å². The van der Waals surface area contributed by atoms with Crippen molar-refractivity contribution in [3.8, 4) is 11.3 Å². The van der Waals surface area contributed by atoms with Gasteiger partial charge in [0, 0.05) is 17.7 Å². The second kappa shape index (κ2) is 5.34. The topological polar surface area (TPSA) is 72.8 Å². The molecule has 0 saturated heterocycles. The van der Waals surface area contributed by atoms with Gasteiger partial charge in [0.05, 0.1) is 12.1 Å². The Kier molecular flexibility index (Phi) is 3.39. The van der Waals surface area contributed by atoms with Gasteiger partial charge in [0.15, 0.2) is 24.5 Å². The van der Waals surface area contributed by atoms with Crippen LogP contribution in [0.2, 0.25) is 0 Å². The molecule has 0 saturated carbocycles. The highest BCUT2D eigenvalue weighted by Gasteiger charge is 2.08. The van der Waals surface area contributed by atoms with E-state index in [-0.39, 0.29) is 5.24 Å². The summed E-state index contributed by atoms with van der Waals surface area (Å²) in [5.74, 6) is 0. The summed E-state index contributed by atoms with van der Waals surface area (Å²) in [5, 5.41) is 7.09. The van der Waals surface area contributed by atoms with Crippen LogP contribution in [0.5, 0.6) is 0 Å². The lowest BCUT2D eigenvalue weighted by molar-refractivity contribution is -0.695. The van der Waals surface area contributed by atoms with Crippen LogP contribution in [-0.4, -0.2) is 20.5 Å². The number of hydrogen-bond acceptors (Lipinski definition) is 5. The van der Waals surface area contributed by atoms with Gasteiger partial charge in [0.1, 0.15) is 0 Å². The Morgan fingerprint density at radius 2 is 2.00 bits per heavy atom. The second-order valence-corrected chi connectivity index (χ2v) is 4.65. The maximum Gasteiger partial charge on any atom is 0.227 e. The molecule has 0 N–H and O–H groups in total. The predicted octanol–water partition coefficient (Wildman–Crippen LogP) is 1.73. The van der Waals surface area contributed by atoms with E-state index >= 15 is 0 Å². The number of aryl methyl sites for hydroxylation is 1. The number of nitrogens with zero attached hydrogens (tertiary/aromatic N) is 4. The molecule has 3 rings (SSSR count). The summed E-state index contributed by atoms with van der Waals surface area (Å²) >= 11 is 5.32. The lowest BCUT2D eigenvalue weighted by Gasteiger charge is -1.99. The molecule has 3 aromatic rings. The standard InChI is InChI=1S/C13H10ClN4O2/c14-12(19)5-8-18-6-3-9(4-7-18)10-1-2-11-13(15-10)17-20-16-11/h1-4,6-7H,5,8H2/q+1. The van der Waals surface area contributed by atoms with Gasteiger partial charge in [-0.3, -0.25) is 4.79 Å². The highest BCUT2D eigenvalue weighted by molar-refractivity contribution is 6.63. The molecule has 0 aliphatic heterocycles. The molecule has 0 bridgehead atoms. The molecule has 0 radical (unpaired) electrons. The lowest BCUT2D eigenvalue weighted by Crippen LogP contribution is -2.33. The van der Waals surface area contributed by atoms with Crippen LogP contribution in [0.1, 0.15) is 6.42 Å². The van der Waals surface area contributed by atoms with Crippen LogP contribution in [0.15, 0.2) is 41.3 Å². The van der Waals surface area contributed by atoms with Crippen molar-refractivity contribution in [2.45, 2.75) is 13.0 Å². The highest BCUT2D eigenvalue weighted by atomic mass is 35.5. The summed E-state index contributed by atoms with van der Waals surface area (Å²) < 4.78 is 6.51. The Bertz CT molecular complexity index is 754. The van der Waals surface area contributed by atoms with Gasteiger partial charge in [-0.2, -0.15) is 0 Å². The van der Waals surface area contributed by atoms with E-state index in [0.717, 1.165) is 11.3 Å². The zero-order valence-electron chi connectivity index (χ0n) is 10.4. The van der Waals surface area contributed by atoms with Crippen LogP contribution in [0.4, 0.5) is 0 Å². The molecule has 100 valence electrons. The summed E-state index contributed by atoms with van der Waals surface area (Å²) in [7, 11) is 0. The molecule has 0 aliphatic carbocycles. The average Bonchev–Trinajstić information content (AvgIpc) is 2.93. The molecular weight excluding hydrogens is 280 g/mol. The number of carbonyl (C=O) groups is 1. The largest absolute Gasteiger partial charge is 0.281 e. The summed E-state index contributed by atoms with van der Waals surface area (Å²) in [6, 6.07) is 7.50. The minimum atomic E-state index is -0.341. The van der Waals surface area contributed by atoms with Gasteiger partial charge in [-0.25, -0.2) is 14.2 Å². The van der Waals surface area contributed by atoms with Gasteiger partial charge in [0.2, 0.25) is 10.9 Å². The number of hydrogen-bond donors (Lipinski definition) is 0. The molecule has 0 aliphatic rings. The molecule has 6 nitrogen and oxygen atoms in total. The molecule has 0 fully saturated rings. The van der Waals surface area contributed by atoms with Crippen LogP contribution < -0.4 is 4.57 Å². The molecule has 3 heterocycles. The van der Waals surface area contributed by atoms with Gasteiger partial charge in [-0.05, 0) is 34.0 Å². The predicted molar refractivity (Wildman–Crippen MR) is 70.7 cm³/mol. The molecule has 3 aromatic heterocycles. The number of carbonyl (C=O) groups excluding carboxylic acids is 1. The van der Waals surface area contributed by atoms with Crippen molar-refractivity contribution in [3.05, 3.63) is 36.7 Å². The Labute approximate surface area is 119 Å². The van der Waals surface area contributed by atoms with Gasteiger partial charge in [-0.1, -0.05) is 0 Å². The van der Waals surface area contributed by atoms with E-state index in [1.807, 2.05) is 35.2 Å². The first kappa shape index (κ1) is 12.7. The molecule has 20 heavy (non-hydrogen) atoms. The zero-order valence-corrected chi connectivity index (χ0v) is 11.1. The van der Waals surface area contributed by atoms with Crippen LogP contribution in [-0.2, 0) is 11.3 Å². The minimum absolute atomic E-state index is 0.306. The molecule has 0 spiro atoms. The van der Waals surface area contributed by atoms with E-state index < -0.39 is 0 Å². The summed E-state index contributed by atoms with van der Waals surface area (Å²) in [6.45, 7) is 0.558. The Balaban J connectivity index is 1.84. The summed E-state index contributed by atoms with van der Waals surface area (Å²) in [5.41, 5.74) is 2.84. The smallest absolute Gasteiger partial charge is 0.227 e. The fraction of sp³-hybridized carbons (Fsp3) is 0.154. The summed E-state index contributed by atoms with van der Waals surface area (Å²) in [6.07, 6.45) is 4.06. The third-order valence-corrected chi connectivity index (χ3v) is 3.06. The molecule has 7 heteroatoms. The van der Waals surface area contributed by atoms with E-state index in [1.54, 1.807) is 6.07 Å². The first-order valence-electron chi connectivity index (χ1n) is 5.99. The zero-order chi connectivity index (χ0) is 13.9. The molecule has 0 unspecified atom stereocenters. The molecule has 0 aromatic carbocycles. The molecule has 0 amide bonds. The van der Waals surface area contributed by atoms with E-state index in [1.165, 1.54) is 0 Å². The number of aromatic nitrogens is 4. The fourth-order valence-electron chi connectivity index (χ4n) is 1.84. The minimum Gasteiger partial charge on any atom is -0.281 e. The van der Waals surface area contributed by atoms with E-state index in [4.69, 9.17) is 11.6 Å². The number of rotatable bonds is 4. The first-order valence-corrected chi connectivity index (χ1v) is 6.37. The fourth-order valence-corrected chi connectivity index (χ4v) is 1.92. The maximum atomic E-state index is 10.7. The first-order chi connectivity index (χ1) is 9.72. The Morgan fingerprint density at radius 1 is 1.20 bits per heavy atom. The van der Waals surface area contributed by atoms with E-state index in [2.05, 4.69) is 19.9 Å². The lowest BCUT2D eigenvalue weighted by atomic mass is 10.2. The molecular formula is C13H10ClN4O2+. The Morgan fingerprint density at radius 3 is 2.75 bits per heavy atom. The van der Waals surface area contributed by atoms with Gasteiger partial charge >= 0.3 is 0 Å². The van der Waals surface area contributed by atoms with Gasteiger partial charge in [0.25, 0.3) is 0 Å².